The van der Waals surface area contributed by atoms with Gasteiger partial charge in [0, 0.05) is 19.2 Å². The van der Waals surface area contributed by atoms with Crippen molar-refractivity contribution in [1.29, 1.82) is 0 Å². The molecular weight excluding hydrogens is 469 g/mol. The third-order valence-corrected chi connectivity index (χ3v) is 3.97. The molecule has 0 heterocycles. The summed E-state index contributed by atoms with van der Waals surface area (Å²) in [5.41, 5.74) is 2.06. The van der Waals surface area contributed by atoms with Gasteiger partial charge in [0.05, 0.1) is 13.7 Å². The first kappa shape index (κ1) is 23.9. The molecule has 154 valence electrons. The van der Waals surface area contributed by atoms with Crippen LogP contribution in [0.25, 0.3) is 0 Å². The van der Waals surface area contributed by atoms with E-state index in [2.05, 4.69) is 22.5 Å². The number of aromatic hydroxyl groups is 1. The predicted octanol–water partition coefficient (Wildman–Crippen LogP) is 3.50. The molecule has 2 aromatic carbocycles. The first-order chi connectivity index (χ1) is 13.1. The molecule has 0 spiro atoms. The zero-order valence-corrected chi connectivity index (χ0v) is 19.0. The van der Waals surface area contributed by atoms with E-state index in [1.165, 1.54) is 5.56 Å². The highest BCUT2D eigenvalue weighted by Crippen LogP contribution is 2.23. The van der Waals surface area contributed by atoms with Gasteiger partial charge in [-0.3, -0.25) is 4.99 Å². The molecule has 0 fully saturated rings. The van der Waals surface area contributed by atoms with Crippen molar-refractivity contribution in [2.45, 2.75) is 20.3 Å². The molecule has 2 aromatic rings. The number of phenols is 1. The number of ether oxygens (including phenoxy) is 2. The number of hydrogen-bond donors (Lipinski definition) is 3. The molecule has 2 rings (SSSR count). The van der Waals surface area contributed by atoms with E-state index in [0.29, 0.717) is 31.9 Å². The van der Waals surface area contributed by atoms with Crippen LogP contribution >= 0.6 is 24.0 Å². The lowest BCUT2D eigenvalue weighted by Crippen LogP contribution is -2.39. The molecule has 0 bridgehead atoms. The second kappa shape index (κ2) is 13.1. The zero-order chi connectivity index (χ0) is 19.5. The lowest BCUT2D eigenvalue weighted by molar-refractivity contribution is 0.322. The smallest absolute Gasteiger partial charge is 0.191 e. The van der Waals surface area contributed by atoms with E-state index in [1.807, 2.05) is 43.3 Å². The molecule has 0 radical (unpaired) electrons. The maximum absolute atomic E-state index is 10.0. The second-order valence-corrected chi connectivity index (χ2v) is 6.09. The number of aryl methyl sites for hydroxylation is 1. The predicted molar refractivity (Wildman–Crippen MR) is 124 cm³/mol. The number of halogens is 1. The maximum atomic E-state index is 10.0. The molecule has 0 unspecified atom stereocenters. The summed E-state index contributed by atoms with van der Waals surface area (Å²) in [5.74, 6) is 2.47. The molecule has 7 heteroatoms. The van der Waals surface area contributed by atoms with E-state index in [0.717, 1.165) is 23.8 Å². The largest absolute Gasteiger partial charge is 0.508 e. The summed E-state index contributed by atoms with van der Waals surface area (Å²) in [6.07, 6.45) is 0.645. The highest BCUT2D eigenvalue weighted by atomic mass is 127. The zero-order valence-electron chi connectivity index (χ0n) is 16.7. The second-order valence-electron chi connectivity index (χ2n) is 6.09. The Kier molecular flexibility index (Phi) is 11.2. The SMILES string of the molecule is CCNC(=NCCc1ccc(OC)cc1O)NCCOc1ccc(C)cc1.I. The number of methoxy groups -OCH3 is 1. The molecule has 28 heavy (non-hydrogen) atoms. The summed E-state index contributed by atoms with van der Waals surface area (Å²) in [7, 11) is 1.58. The van der Waals surface area contributed by atoms with Gasteiger partial charge in [-0.2, -0.15) is 0 Å². The molecule has 6 nitrogen and oxygen atoms in total. The Balaban J connectivity index is 0.00000392. The van der Waals surface area contributed by atoms with E-state index in [9.17, 15) is 5.11 Å². The van der Waals surface area contributed by atoms with Crippen molar-refractivity contribution >= 4 is 29.9 Å². The fraction of sp³-hybridized carbons (Fsp3) is 0.381. The van der Waals surface area contributed by atoms with Gasteiger partial charge < -0.3 is 25.2 Å². The van der Waals surface area contributed by atoms with Crippen LogP contribution in [0.15, 0.2) is 47.5 Å². The minimum absolute atomic E-state index is 0. The van der Waals surface area contributed by atoms with Crippen LogP contribution < -0.4 is 20.1 Å². The Hall–Kier alpha value is -2.16. The number of benzene rings is 2. The van der Waals surface area contributed by atoms with Gasteiger partial charge in [0.15, 0.2) is 5.96 Å². The van der Waals surface area contributed by atoms with Crippen LogP contribution in [0.2, 0.25) is 0 Å². The van der Waals surface area contributed by atoms with Crippen LogP contribution in [0.3, 0.4) is 0 Å². The van der Waals surface area contributed by atoms with Crippen molar-refractivity contribution < 1.29 is 14.6 Å². The molecule has 3 N–H and O–H groups in total. The standard InChI is InChI=1S/C21H29N3O3.HI/c1-4-22-21(24-13-14-27-18-8-5-16(2)6-9-18)23-12-11-17-7-10-19(26-3)15-20(17)25;/h5-10,15,25H,4,11-14H2,1-3H3,(H2,22,23,24);1H. The number of nitrogens with one attached hydrogen (secondary N) is 2. The average Bonchev–Trinajstić information content (AvgIpc) is 2.67. The van der Waals surface area contributed by atoms with Crippen molar-refractivity contribution in [2.75, 3.05) is 33.4 Å². The summed E-state index contributed by atoms with van der Waals surface area (Å²) < 4.78 is 10.8. The van der Waals surface area contributed by atoms with Gasteiger partial charge in [0.1, 0.15) is 23.9 Å². The van der Waals surface area contributed by atoms with Crippen LogP contribution in [0.4, 0.5) is 0 Å². The van der Waals surface area contributed by atoms with E-state index in [1.54, 1.807) is 13.2 Å². The van der Waals surface area contributed by atoms with Crippen molar-refractivity contribution in [3.05, 3.63) is 53.6 Å². The van der Waals surface area contributed by atoms with Gasteiger partial charge in [-0.1, -0.05) is 23.8 Å². The van der Waals surface area contributed by atoms with Crippen LogP contribution in [0.5, 0.6) is 17.2 Å². The minimum atomic E-state index is 0. The molecule has 0 atom stereocenters. The van der Waals surface area contributed by atoms with E-state index in [-0.39, 0.29) is 29.7 Å². The summed E-state index contributed by atoms with van der Waals surface area (Å²) in [4.78, 5) is 4.55. The highest BCUT2D eigenvalue weighted by Gasteiger charge is 2.03. The third kappa shape index (κ3) is 8.24. The van der Waals surface area contributed by atoms with E-state index < -0.39 is 0 Å². The fourth-order valence-corrected chi connectivity index (χ4v) is 2.48. The average molecular weight is 499 g/mol. The molecule has 0 amide bonds. The number of guanidine groups is 1. The minimum Gasteiger partial charge on any atom is -0.508 e. The molecule has 0 aliphatic rings. The van der Waals surface area contributed by atoms with Gasteiger partial charge in [-0.05, 0) is 44.0 Å². The Bertz CT molecular complexity index is 736. The molecule has 0 aliphatic carbocycles. The molecule has 0 aliphatic heterocycles. The third-order valence-electron chi connectivity index (χ3n) is 3.97. The van der Waals surface area contributed by atoms with Crippen molar-refractivity contribution in [1.82, 2.24) is 10.6 Å². The lowest BCUT2D eigenvalue weighted by Gasteiger charge is -2.12. The summed E-state index contributed by atoms with van der Waals surface area (Å²) in [6, 6.07) is 13.3. The number of phenolic OH excluding ortho intramolecular Hbond substituents is 1. The topological polar surface area (TPSA) is 75.1 Å². The molecule has 0 saturated heterocycles. The molecule has 0 saturated carbocycles. The first-order valence-electron chi connectivity index (χ1n) is 9.20. The monoisotopic (exact) mass is 499 g/mol. The lowest BCUT2D eigenvalue weighted by atomic mass is 10.1. The first-order valence-corrected chi connectivity index (χ1v) is 9.20. The van der Waals surface area contributed by atoms with Gasteiger partial charge in [0.25, 0.3) is 0 Å². The van der Waals surface area contributed by atoms with Gasteiger partial charge >= 0.3 is 0 Å². The van der Waals surface area contributed by atoms with Crippen LogP contribution in [-0.4, -0.2) is 44.4 Å². The Morgan fingerprint density at radius 1 is 1.07 bits per heavy atom. The van der Waals surface area contributed by atoms with Gasteiger partial charge in [0.2, 0.25) is 0 Å². The normalized spacial score (nSPS) is 10.8. The summed E-state index contributed by atoms with van der Waals surface area (Å²) in [5, 5.41) is 16.5. The Morgan fingerprint density at radius 2 is 1.79 bits per heavy atom. The number of nitrogens with zero attached hydrogens (tertiary/aromatic N) is 1. The Labute approximate surface area is 184 Å². The Morgan fingerprint density at radius 3 is 2.43 bits per heavy atom. The molecule has 0 aromatic heterocycles. The van der Waals surface area contributed by atoms with Crippen molar-refractivity contribution in [3.63, 3.8) is 0 Å². The van der Waals surface area contributed by atoms with E-state index in [4.69, 9.17) is 9.47 Å². The summed E-state index contributed by atoms with van der Waals surface area (Å²) in [6.45, 7) is 6.61. The fourth-order valence-electron chi connectivity index (χ4n) is 2.48. The van der Waals surface area contributed by atoms with Crippen LogP contribution in [0, 0.1) is 6.92 Å². The van der Waals surface area contributed by atoms with Crippen LogP contribution in [0.1, 0.15) is 18.1 Å². The van der Waals surface area contributed by atoms with E-state index >= 15 is 0 Å². The van der Waals surface area contributed by atoms with Crippen LogP contribution in [-0.2, 0) is 6.42 Å². The number of aliphatic imine (C=N–C) groups is 1. The maximum Gasteiger partial charge on any atom is 0.191 e. The highest BCUT2D eigenvalue weighted by molar-refractivity contribution is 14.0. The van der Waals surface area contributed by atoms with Crippen molar-refractivity contribution in [3.8, 4) is 17.2 Å². The van der Waals surface area contributed by atoms with Gasteiger partial charge in [-0.25, -0.2) is 0 Å². The van der Waals surface area contributed by atoms with Crippen molar-refractivity contribution in [2.24, 2.45) is 4.99 Å². The quantitative estimate of drug-likeness (QED) is 0.213. The molecular formula is C21H30IN3O3. The summed E-state index contributed by atoms with van der Waals surface area (Å²) >= 11 is 0. The van der Waals surface area contributed by atoms with Gasteiger partial charge in [-0.15, -0.1) is 24.0 Å². The number of hydrogen-bond acceptors (Lipinski definition) is 4. The number of rotatable bonds is 9.